The molecule has 5 aromatic heterocycles. The molecule has 0 radical (unpaired) electrons. The van der Waals surface area contributed by atoms with Gasteiger partial charge in [0, 0.05) is 72.2 Å². The minimum atomic E-state index is 0.689. The maximum Gasteiger partial charge on any atom is 0.235 e. The summed E-state index contributed by atoms with van der Waals surface area (Å²) in [5, 5.41) is 13.7. The van der Waals surface area contributed by atoms with Crippen molar-refractivity contribution in [3.8, 4) is 17.2 Å². The third-order valence-electron chi connectivity index (χ3n) is 11.2. The highest BCUT2D eigenvalue weighted by molar-refractivity contribution is 7.27. The predicted octanol–water partition coefficient (Wildman–Crippen LogP) is 14.7. The van der Waals surface area contributed by atoms with Crippen LogP contribution >= 0.6 is 34.0 Å². The van der Waals surface area contributed by atoms with Gasteiger partial charge < -0.3 is 0 Å². The zero-order valence-electron chi connectivity index (χ0n) is 28.5. The minimum Gasteiger partial charge on any atom is -0.278 e. The number of hydrogen-bond donors (Lipinski definition) is 0. The van der Waals surface area contributed by atoms with Crippen LogP contribution in [0.3, 0.4) is 0 Å². The molecule has 0 atom stereocenters. The average molecular weight is 740 g/mol. The second-order valence-electron chi connectivity index (χ2n) is 14.1. The molecule has 8 aromatic carbocycles. The highest BCUT2D eigenvalue weighted by atomic mass is 32.1. The van der Waals surface area contributed by atoms with E-state index < -0.39 is 0 Å². The Hall–Kier alpha value is -6.18. The number of rotatable bonds is 2. The van der Waals surface area contributed by atoms with Crippen molar-refractivity contribution in [2.45, 2.75) is 0 Å². The molecule has 0 bridgehead atoms. The first-order chi connectivity index (χ1) is 26.7. The van der Waals surface area contributed by atoms with Gasteiger partial charge in [-0.3, -0.25) is 4.57 Å². The minimum absolute atomic E-state index is 0.689. The number of thiophene rings is 3. The molecular formula is C48H25N3S3. The van der Waals surface area contributed by atoms with Gasteiger partial charge in [0.25, 0.3) is 0 Å². The van der Waals surface area contributed by atoms with E-state index in [-0.39, 0.29) is 0 Å². The van der Waals surface area contributed by atoms with Gasteiger partial charge in [-0.25, -0.2) is 9.97 Å². The fraction of sp³-hybridized carbons (Fsp3) is 0. The van der Waals surface area contributed by atoms with Crippen molar-refractivity contribution in [2.75, 3.05) is 0 Å². The van der Waals surface area contributed by atoms with Crippen LogP contribution < -0.4 is 0 Å². The molecule has 13 rings (SSSR count). The number of hydrogen-bond acceptors (Lipinski definition) is 5. The maximum atomic E-state index is 5.61. The zero-order valence-corrected chi connectivity index (χ0v) is 30.9. The predicted molar refractivity (Wildman–Crippen MR) is 235 cm³/mol. The number of para-hydroxylation sites is 1. The molecule has 250 valence electrons. The molecule has 0 spiro atoms. The molecule has 0 aliphatic heterocycles. The molecular weight excluding hydrogens is 715 g/mol. The van der Waals surface area contributed by atoms with Crippen molar-refractivity contribution in [3.05, 3.63) is 152 Å². The van der Waals surface area contributed by atoms with E-state index >= 15 is 0 Å². The van der Waals surface area contributed by atoms with Crippen molar-refractivity contribution < 1.29 is 0 Å². The smallest absolute Gasteiger partial charge is 0.235 e. The van der Waals surface area contributed by atoms with Crippen LogP contribution in [0, 0.1) is 0 Å². The molecule has 0 unspecified atom stereocenters. The summed E-state index contributed by atoms with van der Waals surface area (Å²) in [6, 6.07) is 55.6. The van der Waals surface area contributed by atoms with Crippen LogP contribution in [0.4, 0.5) is 0 Å². The highest BCUT2D eigenvalue weighted by Gasteiger charge is 2.22. The van der Waals surface area contributed by atoms with Gasteiger partial charge in [-0.15, -0.1) is 34.0 Å². The molecule has 0 saturated carbocycles. The van der Waals surface area contributed by atoms with Crippen LogP contribution in [0.1, 0.15) is 0 Å². The largest absolute Gasteiger partial charge is 0.278 e. The summed E-state index contributed by atoms with van der Waals surface area (Å²) in [6.45, 7) is 0. The number of nitrogens with zero attached hydrogens (tertiary/aromatic N) is 3. The molecule has 3 nitrogen and oxygen atoms in total. The van der Waals surface area contributed by atoms with Crippen LogP contribution in [0.2, 0.25) is 0 Å². The monoisotopic (exact) mass is 739 g/mol. The van der Waals surface area contributed by atoms with Crippen LogP contribution in [0.5, 0.6) is 0 Å². The SMILES string of the molecule is c1ccc2c(c1)ccc1sc3c(-c4ccc5sc6ccccc6c5c4)nc(-n4c5ccccc5c5cc6ccc7c8ccccc8sc7c6cc54)nc3c12. The molecule has 0 amide bonds. The Morgan fingerprint density at radius 2 is 1.07 bits per heavy atom. The van der Waals surface area contributed by atoms with Crippen LogP contribution in [0.25, 0.3) is 121 Å². The number of benzene rings is 8. The Labute approximate surface area is 319 Å². The standard InChI is InChI=1S/C48H25N3S3/c1-2-10-29-26(9-1)18-22-42-43(29)45-47(54-42)44(28-19-21-41-36(24-28)32-13-5-7-15-39(32)52-41)49-48(50-45)51-37-14-6-3-11-30(37)35-23-27-17-20-33-31-12-4-8-16-40(31)53-46(33)34(27)25-38(35)51/h1-25H. The Morgan fingerprint density at radius 3 is 1.96 bits per heavy atom. The molecule has 0 saturated heterocycles. The highest BCUT2D eigenvalue weighted by Crippen LogP contribution is 2.45. The van der Waals surface area contributed by atoms with Crippen LogP contribution in [-0.2, 0) is 0 Å². The third-order valence-corrected chi connectivity index (χ3v) is 14.7. The number of aromatic nitrogens is 3. The first-order valence-electron chi connectivity index (χ1n) is 18.1. The second-order valence-corrected chi connectivity index (χ2v) is 17.3. The third kappa shape index (κ3) is 3.94. The lowest BCUT2D eigenvalue weighted by Gasteiger charge is -2.11. The Balaban J connectivity index is 1.18. The Morgan fingerprint density at radius 1 is 0.389 bits per heavy atom. The first-order valence-corrected chi connectivity index (χ1v) is 20.5. The van der Waals surface area contributed by atoms with E-state index in [1.165, 1.54) is 82.7 Å². The quantitative estimate of drug-likeness (QED) is 0.177. The van der Waals surface area contributed by atoms with Gasteiger partial charge in [-0.1, -0.05) is 103 Å². The molecule has 13 aromatic rings. The molecule has 0 aliphatic carbocycles. The van der Waals surface area contributed by atoms with Crippen molar-refractivity contribution in [1.29, 1.82) is 0 Å². The summed E-state index contributed by atoms with van der Waals surface area (Å²) < 4.78 is 9.86. The van der Waals surface area contributed by atoms with Gasteiger partial charge in [-0.05, 0) is 64.7 Å². The lowest BCUT2D eigenvalue weighted by molar-refractivity contribution is 1.02. The van der Waals surface area contributed by atoms with Crippen LogP contribution in [-0.4, -0.2) is 14.5 Å². The van der Waals surface area contributed by atoms with Crippen molar-refractivity contribution in [1.82, 2.24) is 14.5 Å². The van der Waals surface area contributed by atoms with Gasteiger partial charge in [0.05, 0.1) is 26.9 Å². The summed E-state index contributed by atoms with van der Waals surface area (Å²) in [5.41, 5.74) is 5.29. The fourth-order valence-corrected chi connectivity index (χ4v) is 12.2. The molecule has 54 heavy (non-hydrogen) atoms. The molecule has 5 heterocycles. The van der Waals surface area contributed by atoms with Crippen LogP contribution in [0.15, 0.2) is 152 Å². The lowest BCUT2D eigenvalue weighted by Crippen LogP contribution is -2.02. The Kier molecular flexibility index (Phi) is 5.81. The van der Waals surface area contributed by atoms with E-state index in [0.29, 0.717) is 5.95 Å². The van der Waals surface area contributed by atoms with E-state index in [2.05, 4.69) is 156 Å². The molecule has 6 heteroatoms. The summed E-state index contributed by atoms with van der Waals surface area (Å²) >= 11 is 5.52. The van der Waals surface area contributed by atoms with Crippen molar-refractivity contribution >= 4 is 138 Å². The molecule has 0 fully saturated rings. The van der Waals surface area contributed by atoms with Gasteiger partial charge >= 0.3 is 0 Å². The molecule has 0 aliphatic rings. The molecule has 0 N–H and O–H groups in total. The summed E-state index contributed by atoms with van der Waals surface area (Å²) in [7, 11) is 0. The zero-order chi connectivity index (χ0) is 35.1. The van der Waals surface area contributed by atoms with E-state index in [0.717, 1.165) is 32.5 Å². The van der Waals surface area contributed by atoms with Gasteiger partial charge in [0.1, 0.15) is 0 Å². The topological polar surface area (TPSA) is 30.7 Å². The Bertz CT molecular complexity index is 3750. The normalized spacial score (nSPS) is 12.4. The van der Waals surface area contributed by atoms with Crippen molar-refractivity contribution in [2.24, 2.45) is 0 Å². The van der Waals surface area contributed by atoms with Crippen molar-refractivity contribution in [3.63, 3.8) is 0 Å². The van der Waals surface area contributed by atoms with E-state index in [9.17, 15) is 0 Å². The van der Waals surface area contributed by atoms with Gasteiger partial charge in [-0.2, -0.15) is 0 Å². The summed E-state index contributed by atoms with van der Waals surface area (Å²) in [6.07, 6.45) is 0. The van der Waals surface area contributed by atoms with Gasteiger partial charge in [0.15, 0.2) is 0 Å². The van der Waals surface area contributed by atoms with E-state index in [1.54, 1.807) is 11.3 Å². The number of fused-ring (bicyclic) bond motifs is 16. The van der Waals surface area contributed by atoms with E-state index in [4.69, 9.17) is 9.97 Å². The fourth-order valence-electron chi connectivity index (χ4n) is 8.75. The first kappa shape index (κ1) is 29.3. The maximum absolute atomic E-state index is 5.61. The summed E-state index contributed by atoms with van der Waals surface area (Å²) in [5.74, 6) is 0.689. The lowest BCUT2D eigenvalue weighted by atomic mass is 10.0. The average Bonchev–Trinajstić information content (AvgIpc) is 3.98. The summed E-state index contributed by atoms with van der Waals surface area (Å²) in [4.78, 5) is 11.2. The van der Waals surface area contributed by atoms with E-state index in [1.807, 2.05) is 22.7 Å². The van der Waals surface area contributed by atoms with Gasteiger partial charge in [0.2, 0.25) is 5.95 Å². The second kappa shape index (κ2) is 10.7.